The normalized spacial score (nSPS) is 11.9. The van der Waals surface area contributed by atoms with E-state index in [1.807, 2.05) is 26.8 Å². The number of nitrogens with one attached hydrogen (secondary N) is 2. The number of ether oxygens (including phenoxy) is 1. The molecule has 0 aliphatic carbocycles. The Bertz CT molecular complexity index is 939. The van der Waals surface area contributed by atoms with Crippen LogP contribution in [0, 0.1) is 0 Å². The summed E-state index contributed by atoms with van der Waals surface area (Å²) in [5.41, 5.74) is 1.30. The Hall–Kier alpha value is -2.87. The molecule has 0 aromatic heterocycles. The van der Waals surface area contributed by atoms with Crippen LogP contribution in [0.3, 0.4) is 0 Å². The van der Waals surface area contributed by atoms with Gasteiger partial charge in [-0.05, 0) is 69.7 Å². The molecule has 0 saturated heterocycles. The molecule has 0 aliphatic rings. The number of hydrogen-bond donors (Lipinski definition) is 2. The van der Waals surface area contributed by atoms with Gasteiger partial charge in [-0.1, -0.05) is 28.1 Å². The van der Waals surface area contributed by atoms with Crippen molar-refractivity contribution in [1.82, 2.24) is 10.2 Å². The lowest BCUT2D eigenvalue weighted by Gasteiger charge is -2.24. The summed E-state index contributed by atoms with van der Waals surface area (Å²) in [5, 5.41) is 5.48. The lowest BCUT2D eigenvalue weighted by Crippen LogP contribution is -2.41. The van der Waals surface area contributed by atoms with Crippen molar-refractivity contribution < 1.29 is 19.1 Å². The van der Waals surface area contributed by atoms with Crippen molar-refractivity contribution in [2.75, 3.05) is 12.4 Å². The number of benzene rings is 2. The van der Waals surface area contributed by atoms with Gasteiger partial charge in [0, 0.05) is 29.3 Å². The second kappa shape index (κ2) is 10.4. The molecular formula is C23H28BrN3O4. The highest BCUT2D eigenvalue weighted by Gasteiger charge is 2.20. The van der Waals surface area contributed by atoms with Crippen molar-refractivity contribution in [3.05, 3.63) is 64.1 Å². The Kier molecular flexibility index (Phi) is 8.21. The number of rotatable bonds is 6. The molecule has 0 bridgehead atoms. The molecule has 7 nitrogen and oxygen atoms in total. The molecule has 0 radical (unpaired) electrons. The third-order valence-electron chi connectivity index (χ3n) is 4.17. The van der Waals surface area contributed by atoms with E-state index in [4.69, 9.17) is 4.74 Å². The predicted molar refractivity (Wildman–Crippen MR) is 124 cm³/mol. The minimum atomic E-state index is -0.732. The number of nitrogens with zero attached hydrogens (tertiary/aromatic N) is 1. The summed E-state index contributed by atoms with van der Waals surface area (Å²) >= 11 is 3.32. The Morgan fingerprint density at radius 3 is 2.35 bits per heavy atom. The van der Waals surface area contributed by atoms with Crippen LogP contribution >= 0.6 is 15.9 Å². The van der Waals surface area contributed by atoms with Crippen molar-refractivity contribution in [3.63, 3.8) is 0 Å². The molecule has 2 rings (SSSR count). The van der Waals surface area contributed by atoms with E-state index in [0.717, 1.165) is 10.0 Å². The summed E-state index contributed by atoms with van der Waals surface area (Å²) < 4.78 is 6.22. The molecule has 0 spiro atoms. The Morgan fingerprint density at radius 1 is 1.10 bits per heavy atom. The summed E-state index contributed by atoms with van der Waals surface area (Å²) in [6, 6.07) is 13.3. The van der Waals surface area contributed by atoms with E-state index < -0.39 is 17.7 Å². The number of hydrogen-bond acceptors (Lipinski definition) is 4. The zero-order chi connectivity index (χ0) is 23.2. The van der Waals surface area contributed by atoms with Gasteiger partial charge in [-0.3, -0.25) is 9.59 Å². The van der Waals surface area contributed by atoms with Crippen molar-refractivity contribution in [1.29, 1.82) is 0 Å². The van der Waals surface area contributed by atoms with Gasteiger partial charge in [0.25, 0.3) is 5.91 Å². The van der Waals surface area contributed by atoms with Gasteiger partial charge in [0.05, 0.1) is 0 Å². The zero-order valence-corrected chi connectivity index (χ0v) is 19.9. The second-order valence-corrected chi connectivity index (χ2v) is 9.14. The monoisotopic (exact) mass is 489 g/mol. The maximum atomic E-state index is 12.5. The first-order valence-corrected chi connectivity index (χ1v) is 10.6. The average molecular weight is 490 g/mol. The number of carbonyl (C=O) groups is 3. The maximum absolute atomic E-state index is 12.5. The molecule has 2 N–H and O–H groups in total. The smallest absolute Gasteiger partial charge is 0.410 e. The molecule has 0 aliphatic heterocycles. The van der Waals surface area contributed by atoms with Crippen LogP contribution in [0.15, 0.2) is 53.0 Å². The van der Waals surface area contributed by atoms with Crippen LogP contribution in [-0.4, -0.2) is 41.5 Å². The van der Waals surface area contributed by atoms with Crippen molar-refractivity contribution in [2.24, 2.45) is 0 Å². The molecule has 0 fully saturated rings. The lowest BCUT2D eigenvalue weighted by molar-refractivity contribution is -0.117. The molecule has 0 unspecified atom stereocenters. The summed E-state index contributed by atoms with van der Waals surface area (Å²) in [7, 11) is 1.65. The molecule has 166 valence electrons. The molecule has 1 atom stereocenters. The highest BCUT2D eigenvalue weighted by atomic mass is 79.9. The number of carbonyl (C=O) groups excluding carboxylic acids is 3. The molecule has 0 heterocycles. The number of anilines is 1. The van der Waals surface area contributed by atoms with Crippen molar-refractivity contribution in [2.45, 2.75) is 45.9 Å². The fraction of sp³-hybridized carbons (Fsp3) is 0.348. The van der Waals surface area contributed by atoms with Gasteiger partial charge >= 0.3 is 6.09 Å². The third kappa shape index (κ3) is 8.05. The fourth-order valence-electron chi connectivity index (χ4n) is 2.62. The standard InChI is InChI=1S/C23H28BrN3O4/c1-15(25-21(29)17-9-11-18(24)12-10-17)20(28)26-19-8-6-7-16(13-19)14-27(5)22(30)31-23(2,3)4/h6-13,15H,14H2,1-5H3,(H,25,29)(H,26,28)/t15-/m0/s1. The summed E-state index contributed by atoms with van der Waals surface area (Å²) in [6.45, 7) is 7.38. The SMILES string of the molecule is C[C@H](NC(=O)c1ccc(Br)cc1)C(=O)Nc1cccc(CN(C)C(=O)OC(C)(C)C)c1. The minimum absolute atomic E-state index is 0.328. The lowest BCUT2D eigenvalue weighted by atomic mass is 10.1. The molecule has 31 heavy (non-hydrogen) atoms. The van der Waals surface area contributed by atoms with E-state index in [0.29, 0.717) is 17.8 Å². The van der Waals surface area contributed by atoms with Gasteiger partial charge in [0.1, 0.15) is 11.6 Å². The largest absolute Gasteiger partial charge is 0.444 e. The fourth-order valence-corrected chi connectivity index (χ4v) is 2.89. The topological polar surface area (TPSA) is 87.7 Å². The van der Waals surface area contributed by atoms with Crippen LogP contribution in [0.1, 0.15) is 43.6 Å². The van der Waals surface area contributed by atoms with Gasteiger partial charge in [-0.25, -0.2) is 4.79 Å². The van der Waals surface area contributed by atoms with Crippen LogP contribution in [0.25, 0.3) is 0 Å². The van der Waals surface area contributed by atoms with E-state index >= 15 is 0 Å². The van der Waals surface area contributed by atoms with E-state index in [-0.39, 0.29) is 11.8 Å². The van der Waals surface area contributed by atoms with Crippen LogP contribution in [0.2, 0.25) is 0 Å². The first-order chi connectivity index (χ1) is 14.4. The molecule has 0 saturated carbocycles. The molecule has 2 aromatic rings. The average Bonchev–Trinajstić information content (AvgIpc) is 2.67. The quantitative estimate of drug-likeness (QED) is 0.621. The Morgan fingerprint density at radius 2 is 1.74 bits per heavy atom. The van der Waals surface area contributed by atoms with Crippen molar-refractivity contribution >= 4 is 39.5 Å². The zero-order valence-electron chi connectivity index (χ0n) is 18.4. The number of amides is 3. The van der Waals surface area contributed by atoms with Gasteiger partial charge in [0.2, 0.25) is 5.91 Å². The first-order valence-electron chi connectivity index (χ1n) is 9.85. The van der Waals surface area contributed by atoms with Crippen LogP contribution in [0.4, 0.5) is 10.5 Å². The van der Waals surface area contributed by atoms with Crippen LogP contribution in [0.5, 0.6) is 0 Å². The highest BCUT2D eigenvalue weighted by Crippen LogP contribution is 2.15. The second-order valence-electron chi connectivity index (χ2n) is 8.23. The van der Waals surface area contributed by atoms with E-state index in [1.165, 1.54) is 4.90 Å². The van der Waals surface area contributed by atoms with Gasteiger partial charge in [-0.15, -0.1) is 0 Å². The summed E-state index contributed by atoms with van der Waals surface area (Å²) in [5.74, 6) is -0.675. The Balaban J connectivity index is 1.95. The molecular weight excluding hydrogens is 462 g/mol. The van der Waals surface area contributed by atoms with Crippen LogP contribution < -0.4 is 10.6 Å². The minimum Gasteiger partial charge on any atom is -0.444 e. The van der Waals surface area contributed by atoms with Gasteiger partial charge in [-0.2, -0.15) is 0 Å². The molecule has 3 amide bonds. The Labute approximate surface area is 191 Å². The van der Waals surface area contributed by atoms with Crippen LogP contribution in [-0.2, 0) is 16.1 Å². The first kappa shape index (κ1) is 24.4. The van der Waals surface area contributed by atoms with Gasteiger partial charge < -0.3 is 20.3 Å². The summed E-state index contributed by atoms with van der Waals surface area (Å²) in [6.07, 6.45) is -0.425. The highest BCUT2D eigenvalue weighted by molar-refractivity contribution is 9.10. The van der Waals surface area contributed by atoms with Gasteiger partial charge in [0.15, 0.2) is 0 Å². The molecule has 8 heteroatoms. The van der Waals surface area contributed by atoms with E-state index in [2.05, 4.69) is 26.6 Å². The third-order valence-corrected chi connectivity index (χ3v) is 4.70. The predicted octanol–water partition coefficient (Wildman–Crippen LogP) is 4.57. The number of halogens is 1. The van der Waals surface area contributed by atoms with Crippen molar-refractivity contribution in [3.8, 4) is 0 Å². The van der Waals surface area contributed by atoms with E-state index in [9.17, 15) is 14.4 Å². The summed E-state index contributed by atoms with van der Waals surface area (Å²) in [4.78, 5) is 38.4. The molecule has 2 aromatic carbocycles. The maximum Gasteiger partial charge on any atom is 0.410 e. The van der Waals surface area contributed by atoms with E-state index in [1.54, 1.807) is 56.4 Å².